The van der Waals surface area contributed by atoms with Gasteiger partial charge in [0.25, 0.3) is 5.91 Å². The molecule has 0 fully saturated rings. The zero-order chi connectivity index (χ0) is 21.3. The van der Waals surface area contributed by atoms with E-state index in [1.165, 1.54) is 0 Å². The van der Waals surface area contributed by atoms with E-state index in [9.17, 15) is 4.79 Å². The highest BCUT2D eigenvalue weighted by Gasteiger charge is 2.06. The van der Waals surface area contributed by atoms with Gasteiger partial charge in [0, 0.05) is 11.1 Å². The standard InChI is InChI=1S/C27H22N2O2/c30-27(24-17-15-23(16-18-24)22-11-5-2-6-12-22)29-28-19-25-13-7-8-14-26(25)31-20-21-9-3-1-4-10-21/h1-19H,20H2,(H,29,30). The van der Waals surface area contributed by atoms with Gasteiger partial charge >= 0.3 is 0 Å². The summed E-state index contributed by atoms with van der Waals surface area (Å²) in [5.74, 6) is 0.440. The van der Waals surface area contributed by atoms with E-state index in [2.05, 4.69) is 10.5 Å². The maximum absolute atomic E-state index is 12.4. The Hall–Kier alpha value is -4.18. The molecule has 31 heavy (non-hydrogen) atoms. The summed E-state index contributed by atoms with van der Waals surface area (Å²) in [6, 6.07) is 35.0. The van der Waals surface area contributed by atoms with Crippen molar-refractivity contribution in [3.8, 4) is 16.9 Å². The molecule has 0 aromatic heterocycles. The number of nitrogens with one attached hydrogen (secondary N) is 1. The van der Waals surface area contributed by atoms with E-state index < -0.39 is 0 Å². The minimum atomic E-state index is -0.265. The average molecular weight is 406 g/mol. The molecule has 0 atom stereocenters. The molecule has 152 valence electrons. The van der Waals surface area contributed by atoms with Crippen LogP contribution in [0, 0.1) is 0 Å². The third kappa shape index (κ3) is 5.46. The Kier molecular flexibility index (Phi) is 6.51. The molecule has 0 saturated heterocycles. The molecule has 4 aromatic rings. The lowest BCUT2D eigenvalue weighted by molar-refractivity contribution is 0.0955. The largest absolute Gasteiger partial charge is 0.488 e. The van der Waals surface area contributed by atoms with Crippen LogP contribution in [-0.2, 0) is 6.61 Å². The molecule has 4 nitrogen and oxygen atoms in total. The van der Waals surface area contributed by atoms with E-state index in [-0.39, 0.29) is 5.91 Å². The number of carbonyl (C=O) groups excluding carboxylic acids is 1. The molecular weight excluding hydrogens is 384 g/mol. The molecule has 4 aromatic carbocycles. The summed E-state index contributed by atoms with van der Waals surface area (Å²) in [7, 11) is 0. The van der Waals surface area contributed by atoms with Crippen molar-refractivity contribution >= 4 is 12.1 Å². The Morgan fingerprint density at radius 1 is 0.742 bits per heavy atom. The number of nitrogens with zero attached hydrogens (tertiary/aromatic N) is 1. The molecule has 1 N–H and O–H groups in total. The zero-order valence-electron chi connectivity index (χ0n) is 16.9. The third-order valence-corrected chi connectivity index (χ3v) is 4.78. The number of hydrogen-bond acceptors (Lipinski definition) is 3. The summed E-state index contributed by atoms with van der Waals surface area (Å²) >= 11 is 0. The molecule has 4 rings (SSSR count). The first-order valence-electron chi connectivity index (χ1n) is 10.0. The average Bonchev–Trinajstić information content (AvgIpc) is 2.84. The molecule has 1 amide bonds. The highest BCUT2D eigenvalue weighted by molar-refractivity contribution is 5.95. The number of amides is 1. The first-order chi connectivity index (χ1) is 15.3. The van der Waals surface area contributed by atoms with E-state index >= 15 is 0 Å². The fraction of sp³-hybridized carbons (Fsp3) is 0.0370. The first-order valence-corrected chi connectivity index (χ1v) is 10.0. The van der Waals surface area contributed by atoms with Crippen LogP contribution in [0.5, 0.6) is 5.75 Å². The number of rotatable bonds is 7. The molecule has 0 radical (unpaired) electrons. The van der Waals surface area contributed by atoms with Gasteiger partial charge in [-0.1, -0.05) is 84.9 Å². The molecule has 0 unspecified atom stereocenters. The van der Waals surface area contributed by atoms with Gasteiger partial charge in [-0.15, -0.1) is 0 Å². The van der Waals surface area contributed by atoms with Crippen molar-refractivity contribution < 1.29 is 9.53 Å². The highest BCUT2D eigenvalue weighted by Crippen LogP contribution is 2.20. The van der Waals surface area contributed by atoms with Crippen LogP contribution in [0.4, 0.5) is 0 Å². The van der Waals surface area contributed by atoms with Crippen LogP contribution in [0.3, 0.4) is 0 Å². The lowest BCUT2D eigenvalue weighted by Crippen LogP contribution is -2.17. The van der Waals surface area contributed by atoms with E-state index in [4.69, 9.17) is 4.74 Å². The van der Waals surface area contributed by atoms with Crippen molar-refractivity contribution in [2.45, 2.75) is 6.61 Å². The number of hydrogen-bond donors (Lipinski definition) is 1. The van der Waals surface area contributed by atoms with Crippen molar-refractivity contribution in [2.75, 3.05) is 0 Å². The van der Waals surface area contributed by atoms with Gasteiger partial charge in [0.1, 0.15) is 12.4 Å². The van der Waals surface area contributed by atoms with E-state index in [1.54, 1.807) is 18.3 Å². The molecule has 0 spiro atoms. The lowest BCUT2D eigenvalue weighted by atomic mass is 10.0. The van der Waals surface area contributed by atoms with Gasteiger partial charge in [0.05, 0.1) is 6.21 Å². The number of benzene rings is 4. The normalized spacial score (nSPS) is 10.7. The molecule has 0 bridgehead atoms. The molecule has 0 aliphatic rings. The Balaban J connectivity index is 1.38. The Labute approximate surface area is 181 Å². The topological polar surface area (TPSA) is 50.7 Å². The maximum Gasteiger partial charge on any atom is 0.271 e. The van der Waals surface area contributed by atoms with Crippen molar-refractivity contribution in [1.82, 2.24) is 5.43 Å². The quantitative estimate of drug-likeness (QED) is 0.316. The van der Waals surface area contributed by atoms with Crippen LogP contribution in [-0.4, -0.2) is 12.1 Å². The summed E-state index contributed by atoms with van der Waals surface area (Å²) < 4.78 is 5.92. The summed E-state index contributed by atoms with van der Waals surface area (Å²) in [5, 5.41) is 4.11. The number of hydrazone groups is 1. The van der Waals surface area contributed by atoms with Crippen LogP contribution in [0.15, 0.2) is 114 Å². The van der Waals surface area contributed by atoms with Crippen molar-refractivity contribution in [3.63, 3.8) is 0 Å². The van der Waals surface area contributed by atoms with Crippen LogP contribution in [0.25, 0.3) is 11.1 Å². The molecule has 4 heteroatoms. The Morgan fingerprint density at radius 3 is 2.10 bits per heavy atom. The van der Waals surface area contributed by atoms with Gasteiger partial charge in [0.15, 0.2) is 0 Å². The smallest absolute Gasteiger partial charge is 0.271 e. The molecule has 0 aliphatic heterocycles. The number of ether oxygens (including phenoxy) is 1. The monoisotopic (exact) mass is 406 g/mol. The molecule has 0 saturated carbocycles. The fourth-order valence-corrected chi connectivity index (χ4v) is 3.12. The Morgan fingerprint density at radius 2 is 1.35 bits per heavy atom. The minimum absolute atomic E-state index is 0.265. The summed E-state index contributed by atoms with van der Waals surface area (Å²) in [6.45, 7) is 0.464. The first kappa shape index (κ1) is 20.1. The number of para-hydroxylation sites is 1. The van der Waals surface area contributed by atoms with Gasteiger partial charge in [0.2, 0.25) is 0 Å². The lowest BCUT2D eigenvalue weighted by Gasteiger charge is -2.09. The molecule has 0 heterocycles. The second kappa shape index (κ2) is 10.0. The zero-order valence-corrected chi connectivity index (χ0v) is 16.9. The van der Waals surface area contributed by atoms with Crippen LogP contribution in [0.1, 0.15) is 21.5 Å². The maximum atomic E-state index is 12.4. The highest BCUT2D eigenvalue weighted by atomic mass is 16.5. The molecular formula is C27H22N2O2. The van der Waals surface area contributed by atoms with Crippen LogP contribution >= 0.6 is 0 Å². The fourth-order valence-electron chi connectivity index (χ4n) is 3.12. The summed E-state index contributed by atoms with van der Waals surface area (Å²) in [5.41, 5.74) is 7.18. The van der Waals surface area contributed by atoms with E-state index in [0.717, 1.165) is 22.3 Å². The van der Waals surface area contributed by atoms with Gasteiger partial charge in [-0.3, -0.25) is 4.79 Å². The minimum Gasteiger partial charge on any atom is -0.488 e. The molecule has 0 aliphatic carbocycles. The second-order valence-corrected chi connectivity index (χ2v) is 6.95. The van der Waals surface area contributed by atoms with Gasteiger partial charge in [-0.2, -0.15) is 5.10 Å². The SMILES string of the molecule is O=C(NN=Cc1ccccc1OCc1ccccc1)c1ccc(-c2ccccc2)cc1. The summed E-state index contributed by atoms with van der Waals surface area (Å²) in [6.07, 6.45) is 1.59. The van der Waals surface area contributed by atoms with Crippen molar-refractivity contribution in [1.29, 1.82) is 0 Å². The van der Waals surface area contributed by atoms with E-state index in [1.807, 2.05) is 97.1 Å². The van der Waals surface area contributed by atoms with Crippen molar-refractivity contribution in [2.24, 2.45) is 5.10 Å². The number of carbonyl (C=O) groups is 1. The van der Waals surface area contributed by atoms with Crippen LogP contribution < -0.4 is 10.2 Å². The van der Waals surface area contributed by atoms with Crippen molar-refractivity contribution in [3.05, 3.63) is 126 Å². The third-order valence-electron chi connectivity index (χ3n) is 4.78. The van der Waals surface area contributed by atoms with E-state index in [0.29, 0.717) is 17.9 Å². The van der Waals surface area contributed by atoms with Gasteiger partial charge < -0.3 is 4.74 Å². The van der Waals surface area contributed by atoms with Gasteiger partial charge in [-0.25, -0.2) is 5.43 Å². The van der Waals surface area contributed by atoms with Gasteiger partial charge in [-0.05, 0) is 41.0 Å². The summed E-state index contributed by atoms with van der Waals surface area (Å²) in [4.78, 5) is 12.4. The Bertz CT molecular complexity index is 1150. The second-order valence-electron chi connectivity index (χ2n) is 6.95. The predicted octanol–water partition coefficient (Wildman–Crippen LogP) is 5.70. The van der Waals surface area contributed by atoms with Crippen LogP contribution in [0.2, 0.25) is 0 Å². The predicted molar refractivity (Wildman–Crippen MR) is 124 cm³/mol.